The summed E-state index contributed by atoms with van der Waals surface area (Å²) < 4.78 is 12.2. The third-order valence-electron chi connectivity index (χ3n) is 6.02. The number of imidazole rings is 1. The van der Waals surface area contributed by atoms with Gasteiger partial charge in [-0.2, -0.15) is 0 Å². The Bertz CT molecular complexity index is 850. The van der Waals surface area contributed by atoms with Crippen LogP contribution in [-0.2, 0) is 9.31 Å². The number of H-pyrrole nitrogens is 1. The van der Waals surface area contributed by atoms with Gasteiger partial charge in [-0.3, -0.25) is 5.32 Å². The van der Waals surface area contributed by atoms with Gasteiger partial charge in [0.05, 0.1) is 35.2 Å². The van der Waals surface area contributed by atoms with Crippen LogP contribution < -0.4 is 10.8 Å². The summed E-state index contributed by atoms with van der Waals surface area (Å²) in [5.41, 5.74) is 2.43. The van der Waals surface area contributed by atoms with Gasteiger partial charge >= 0.3 is 7.12 Å². The molecule has 2 unspecified atom stereocenters. The van der Waals surface area contributed by atoms with E-state index in [9.17, 15) is 0 Å². The first-order chi connectivity index (χ1) is 12.8. The summed E-state index contributed by atoms with van der Waals surface area (Å²) in [6, 6.07) is 8.60. The van der Waals surface area contributed by atoms with E-state index in [-0.39, 0.29) is 30.4 Å². The number of nitrogens with zero attached hydrogens (tertiary/aromatic N) is 1. The molecular formula is C21H26BN3O2. The van der Waals surface area contributed by atoms with Crippen molar-refractivity contribution in [1.29, 1.82) is 0 Å². The van der Waals surface area contributed by atoms with Crippen LogP contribution in [0.3, 0.4) is 0 Å². The van der Waals surface area contributed by atoms with Crippen molar-refractivity contribution < 1.29 is 9.31 Å². The SMILES string of the molecule is C#CC1CCC(c2ncc(-c3ccc(B4OC(C)(C)C(C)(C)O4)cc3)[nH]2)N1. The van der Waals surface area contributed by atoms with Gasteiger partial charge in [0, 0.05) is 0 Å². The number of benzene rings is 1. The van der Waals surface area contributed by atoms with Crippen LogP contribution in [0.2, 0.25) is 0 Å². The lowest BCUT2D eigenvalue weighted by atomic mass is 9.79. The highest BCUT2D eigenvalue weighted by atomic mass is 16.7. The molecule has 2 saturated heterocycles. The second-order valence-corrected chi connectivity index (χ2v) is 8.41. The Morgan fingerprint density at radius 3 is 2.37 bits per heavy atom. The molecule has 0 saturated carbocycles. The zero-order chi connectivity index (χ0) is 19.2. The van der Waals surface area contributed by atoms with E-state index in [1.807, 2.05) is 6.20 Å². The number of hydrogen-bond acceptors (Lipinski definition) is 4. The number of nitrogens with one attached hydrogen (secondary N) is 2. The number of rotatable bonds is 3. The molecule has 6 heteroatoms. The minimum Gasteiger partial charge on any atom is -0.399 e. The molecule has 1 aromatic carbocycles. The lowest BCUT2D eigenvalue weighted by Crippen LogP contribution is -2.41. The van der Waals surface area contributed by atoms with Gasteiger partial charge in [-0.1, -0.05) is 30.2 Å². The molecule has 0 amide bonds. The highest BCUT2D eigenvalue weighted by Crippen LogP contribution is 2.36. The van der Waals surface area contributed by atoms with Gasteiger partial charge in [-0.25, -0.2) is 4.98 Å². The molecule has 3 heterocycles. The van der Waals surface area contributed by atoms with Gasteiger partial charge in [0.2, 0.25) is 0 Å². The first-order valence-corrected chi connectivity index (χ1v) is 9.52. The summed E-state index contributed by atoms with van der Waals surface area (Å²) >= 11 is 0. The third kappa shape index (κ3) is 3.32. The molecule has 0 bridgehead atoms. The quantitative estimate of drug-likeness (QED) is 0.651. The summed E-state index contributed by atoms with van der Waals surface area (Å²) in [5, 5.41) is 3.42. The number of hydrogen-bond donors (Lipinski definition) is 2. The lowest BCUT2D eigenvalue weighted by Gasteiger charge is -2.32. The van der Waals surface area contributed by atoms with Crippen molar-refractivity contribution in [2.24, 2.45) is 0 Å². The fourth-order valence-electron chi connectivity index (χ4n) is 3.55. The van der Waals surface area contributed by atoms with E-state index in [4.69, 9.17) is 15.7 Å². The van der Waals surface area contributed by atoms with E-state index in [0.717, 1.165) is 35.4 Å². The van der Waals surface area contributed by atoms with Crippen LogP contribution in [0, 0.1) is 12.3 Å². The van der Waals surface area contributed by atoms with Crippen molar-refractivity contribution in [3.8, 4) is 23.6 Å². The van der Waals surface area contributed by atoms with Crippen LogP contribution in [-0.4, -0.2) is 34.3 Å². The number of aromatic nitrogens is 2. The maximum atomic E-state index is 6.12. The summed E-state index contributed by atoms with van der Waals surface area (Å²) in [6.07, 6.45) is 9.37. The van der Waals surface area contributed by atoms with Gasteiger partial charge in [0.1, 0.15) is 5.82 Å². The Morgan fingerprint density at radius 2 is 1.78 bits per heavy atom. The average Bonchev–Trinajstić information content (AvgIpc) is 3.33. The molecule has 0 radical (unpaired) electrons. The third-order valence-corrected chi connectivity index (χ3v) is 6.02. The summed E-state index contributed by atoms with van der Waals surface area (Å²) in [7, 11) is -0.343. The van der Waals surface area contributed by atoms with Crippen molar-refractivity contribution in [2.45, 2.75) is 63.8 Å². The van der Waals surface area contributed by atoms with E-state index in [1.54, 1.807) is 0 Å². The van der Waals surface area contributed by atoms with Crippen molar-refractivity contribution in [2.75, 3.05) is 0 Å². The minimum atomic E-state index is -0.343. The van der Waals surface area contributed by atoms with Crippen LogP contribution in [0.15, 0.2) is 30.5 Å². The number of terminal acetylenes is 1. The monoisotopic (exact) mass is 363 g/mol. The maximum absolute atomic E-state index is 6.12. The molecule has 2 aromatic rings. The van der Waals surface area contributed by atoms with Gasteiger partial charge in [0.25, 0.3) is 0 Å². The molecule has 2 fully saturated rings. The molecule has 2 atom stereocenters. The highest BCUT2D eigenvalue weighted by Gasteiger charge is 2.51. The standard InChI is InChI=1S/C21H26BN3O2/c1-6-16-11-12-17(24-16)19-23-13-18(25-19)14-7-9-15(10-8-14)22-26-20(2,3)21(4,5)27-22/h1,7-10,13,16-17,24H,11-12H2,2-5H3,(H,23,25). The van der Waals surface area contributed by atoms with Crippen LogP contribution in [0.1, 0.15) is 52.4 Å². The molecule has 4 rings (SSSR count). The number of aromatic amines is 1. The Morgan fingerprint density at radius 1 is 1.11 bits per heavy atom. The van der Waals surface area contributed by atoms with Crippen molar-refractivity contribution >= 4 is 12.6 Å². The van der Waals surface area contributed by atoms with Crippen LogP contribution >= 0.6 is 0 Å². The molecule has 2 aliphatic heterocycles. The van der Waals surface area contributed by atoms with Crippen molar-refractivity contribution in [3.63, 3.8) is 0 Å². The summed E-state index contributed by atoms with van der Waals surface area (Å²) in [5.74, 6) is 3.71. The predicted octanol–water partition coefficient (Wildman–Crippen LogP) is 2.80. The van der Waals surface area contributed by atoms with Crippen LogP contribution in [0.5, 0.6) is 0 Å². The molecule has 5 nitrogen and oxygen atoms in total. The molecule has 1 aromatic heterocycles. The van der Waals surface area contributed by atoms with Gasteiger partial charge in [0.15, 0.2) is 0 Å². The zero-order valence-corrected chi connectivity index (χ0v) is 16.4. The van der Waals surface area contributed by atoms with Crippen molar-refractivity contribution in [1.82, 2.24) is 15.3 Å². The second-order valence-electron chi connectivity index (χ2n) is 8.41. The molecule has 0 spiro atoms. The zero-order valence-electron chi connectivity index (χ0n) is 16.4. The van der Waals surface area contributed by atoms with Gasteiger partial charge in [-0.15, -0.1) is 6.42 Å². The van der Waals surface area contributed by atoms with Crippen LogP contribution in [0.4, 0.5) is 0 Å². The maximum Gasteiger partial charge on any atom is 0.494 e. The molecule has 2 aliphatic rings. The fraction of sp³-hybridized carbons (Fsp3) is 0.476. The highest BCUT2D eigenvalue weighted by molar-refractivity contribution is 6.62. The second kappa shape index (κ2) is 6.52. The summed E-state index contributed by atoms with van der Waals surface area (Å²) in [6.45, 7) is 8.26. The van der Waals surface area contributed by atoms with E-state index in [1.165, 1.54) is 0 Å². The first kappa shape index (κ1) is 18.3. The molecular weight excluding hydrogens is 337 g/mol. The van der Waals surface area contributed by atoms with E-state index < -0.39 is 0 Å². The fourth-order valence-corrected chi connectivity index (χ4v) is 3.55. The first-order valence-electron chi connectivity index (χ1n) is 9.52. The minimum absolute atomic E-state index is 0.141. The van der Waals surface area contributed by atoms with Gasteiger partial charge in [-0.05, 0) is 51.6 Å². The smallest absolute Gasteiger partial charge is 0.399 e. The predicted molar refractivity (Wildman–Crippen MR) is 107 cm³/mol. The average molecular weight is 363 g/mol. The van der Waals surface area contributed by atoms with Crippen LogP contribution in [0.25, 0.3) is 11.3 Å². The largest absolute Gasteiger partial charge is 0.494 e. The normalized spacial score (nSPS) is 26.3. The van der Waals surface area contributed by atoms with E-state index in [0.29, 0.717) is 0 Å². The lowest BCUT2D eigenvalue weighted by molar-refractivity contribution is 0.00578. The van der Waals surface area contributed by atoms with Gasteiger partial charge < -0.3 is 14.3 Å². The Labute approximate surface area is 161 Å². The Hall–Kier alpha value is -2.07. The molecule has 27 heavy (non-hydrogen) atoms. The van der Waals surface area contributed by atoms with E-state index >= 15 is 0 Å². The molecule has 140 valence electrons. The van der Waals surface area contributed by atoms with Crippen molar-refractivity contribution in [3.05, 3.63) is 36.3 Å². The molecule has 2 N–H and O–H groups in total. The molecule has 0 aliphatic carbocycles. The summed E-state index contributed by atoms with van der Waals surface area (Å²) in [4.78, 5) is 7.97. The topological polar surface area (TPSA) is 59.2 Å². The Kier molecular flexibility index (Phi) is 4.42. The van der Waals surface area contributed by atoms with E-state index in [2.05, 4.69) is 73.2 Å². The Balaban J connectivity index is 1.48.